The highest BCUT2D eigenvalue weighted by Gasteiger charge is 2.20. The second kappa shape index (κ2) is 7.09. The second-order valence-electron chi connectivity index (χ2n) is 6.92. The van der Waals surface area contributed by atoms with E-state index in [1.165, 1.54) is 12.1 Å². The normalized spacial score (nSPS) is 11.5. The Morgan fingerprint density at radius 1 is 1.04 bits per heavy atom. The van der Waals surface area contributed by atoms with Crippen LogP contribution in [0.1, 0.15) is 11.4 Å². The van der Waals surface area contributed by atoms with Crippen molar-refractivity contribution in [3.8, 4) is 22.6 Å². The lowest BCUT2D eigenvalue weighted by Crippen LogP contribution is -2.10. The molecule has 1 aromatic carbocycles. The largest absolute Gasteiger partial charge is 0.305 e. The molecule has 0 N–H and O–H groups in total. The molecule has 0 atom stereocenters. The number of fused-ring (bicyclic) bond motifs is 1. The fraction of sp³-hybridized carbons (Fsp3) is 0.190. The molecule has 0 amide bonds. The van der Waals surface area contributed by atoms with E-state index in [2.05, 4.69) is 19.9 Å². The molecule has 0 saturated heterocycles. The van der Waals surface area contributed by atoms with Crippen LogP contribution in [-0.2, 0) is 6.54 Å². The summed E-state index contributed by atoms with van der Waals surface area (Å²) in [7, 11) is 3.98. The van der Waals surface area contributed by atoms with Crippen LogP contribution in [0.25, 0.3) is 28.3 Å². The van der Waals surface area contributed by atoms with Crippen molar-refractivity contribution in [2.75, 3.05) is 14.1 Å². The van der Waals surface area contributed by atoms with Gasteiger partial charge in [0.05, 0.1) is 11.4 Å². The van der Waals surface area contributed by atoms with Gasteiger partial charge in [0.2, 0.25) is 0 Å². The quantitative estimate of drug-likeness (QED) is 0.535. The first-order valence-corrected chi connectivity index (χ1v) is 8.83. The molecule has 7 heteroatoms. The van der Waals surface area contributed by atoms with Crippen molar-refractivity contribution in [2.45, 2.75) is 13.5 Å². The fourth-order valence-corrected chi connectivity index (χ4v) is 3.25. The highest BCUT2D eigenvalue weighted by molar-refractivity contribution is 5.80. The summed E-state index contributed by atoms with van der Waals surface area (Å²) in [5.41, 5.74) is 3.66. The van der Waals surface area contributed by atoms with Crippen molar-refractivity contribution in [1.82, 2.24) is 24.3 Å². The van der Waals surface area contributed by atoms with E-state index in [1.807, 2.05) is 36.8 Å². The number of aromatic nitrogens is 4. The maximum atomic E-state index is 14.6. The van der Waals surface area contributed by atoms with Gasteiger partial charge in [0, 0.05) is 30.6 Å². The molecule has 5 nitrogen and oxygen atoms in total. The molecule has 3 aromatic heterocycles. The maximum Gasteiger partial charge on any atom is 0.138 e. The molecule has 0 bridgehead atoms. The first kappa shape index (κ1) is 18.2. The van der Waals surface area contributed by atoms with Crippen LogP contribution in [0.5, 0.6) is 0 Å². The van der Waals surface area contributed by atoms with Gasteiger partial charge in [0.25, 0.3) is 0 Å². The number of halogens is 2. The zero-order valence-corrected chi connectivity index (χ0v) is 15.8. The number of benzene rings is 1. The smallest absolute Gasteiger partial charge is 0.138 e. The number of imidazole rings is 1. The lowest BCUT2D eigenvalue weighted by atomic mass is 10.1. The van der Waals surface area contributed by atoms with Crippen LogP contribution in [-0.4, -0.2) is 38.3 Å². The summed E-state index contributed by atoms with van der Waals surface area (Å²) in [5, 5.41) is 0. The van der Waals surface area contributed by atoms with E-state index >= 15 is 0 Å². The predicted molar refractivity (Wildman–Crippen MR) is 104 cm³/mol. The number of hydrogen-bond acceptors (Lipinski definition) is 4. The van der Waals surface area contributed by atoms with E-state index in [0.29, 0.717) is 28.6 Å². The first-order chi connectivity index (χ1) is 13.4. The van der Waals surface area contributed by atoms with Gasteiger partial charge in [-0.3, -0.25) is 4.40 Å². The molecule has 28 heavy (non-hydrogen) atoms. The van der Waals surface area contributed by atoms with Crippen molar-refractivity contribution in [2.24, 2.45) is 0 Å². The van der Waals surface area contributed by atoms with Crippen molar-refractivity contribution in [3.63, 3.8) is 0 Å². The fourth-order valence-electron chi connectivity index (χ4n) is 3.25. The summed E-state index contributed by atoms with van der Waals surface area (Å²) in [5.74, 6) is -0.691. The van der Waals surface area contributed by atoms with Gasteiger partial charge in [-0.15, -0.1) is 0 Å². The third-order valence-electron chi connectivity index (χ3n) is 4.39. The Bertz CT molecular complexity index is 1170. The number of rotatable bonds is 4. The van der Waals surface area contributed by atoms with Crippen LogP contribution in [0.3, 0.4) is 0 Å². The van der Waals surface area contributed by atoms with Crippen LogP contribution < -0.4 is 0 Å². The topological polar surface area (TPSA) is 46.3 Å². The van der Waals surface area contributed by atoms with Gasteiger partial charge in [-0.25, -0.2) is 23.7 Å². The van der Waals surface area contributed by atoms with E-state index < -0.39 is 11.6 Å². The third-order valence-corrected chi connectivity index (χ3v) is 4.39. The Labute approximate surface area is 161 Å². The maximum absolute atomic E-state index is 14.6. The summed E-state index contributed by atoms with van der Waals surface area (Å²) in [6, 6.07) is 9.22. The molecule has 4 aromatic rings. The van der Waals surface area contributed by atoms with E-state index in [9.17, 15) is 8.78 Å². The Kier molecular flexibility index (Phi) is 4.60. The van der Waals surface area contributed by atoms with Gasteiger partial charge < -0.3 is 4.90 Å². The lowest BCUT2D eigenvalue weighted by Gasteiger charge is -2.10. The molecule has 0 radical (unpaired) electrons. The van der Waals surface area contributed by atoms with Crippen LogP contribution in [0.4, 0.5) is 8.78 Å². The zero-order valence-electron chi connectivity index (χ0n) is 15.8. The minimum absolute atomic E-state index is 0.227. The van der Waals surface area contributed by atoms with Crippen LogP contribution in [0, 0.1) is 18.6 Å². The van der Waals surface area contributed by atoms with E-state index in [-0.39, 0.29) is 5.56 Å². The van der Waals surface area contributed by atoms with E-state index in [4.69, 9.17) is 0 Å². The molecular formula is C21H19F2N5. The molecule has 3 heterocycles. The van der Waals surface area contributed by atoms with Crippen molar-refractivity contribution >= 4 is 5.65 Å². The Hall–Kier alpha value is -3.19. The predicted octanol–water partition coefficient (Wildman–Crippen LogP) is 4.11. The second-order valence-corrected chi connectivity index (χ2v) is 6.92. The molecule has 0 aliphatic heterocycles. The average molecular weight is 379 g/mol. The minimum atomic E-state index is -0.663. The van der Waals surface area contributed by atoms with Crippen LogP contribution >= 0.6 is 0 Å². The van der Waals surface area contributed by atoms with Crippen molar-refractivity contribution in [1.29, 1.82) is 0 Å². The van der Waals surface area contributed by atoms with Gasteiger partial charge in [0.1, 0.15) is 28.8 Å². The summed E-state index contributed by atoms with van der Waals surface area (Å²) < 4.78 is 29.9. The molecule has 0 saturated carbocycles. The van der Waals surface area contributed by atoms with Gasteiger partial charge >= 0.3 is 0 Å². The van der Waals surface area contributed by atoms with Gasteiger partial charge in [0.15, 0.2) is 0 Å². The molecule has 4 rings (SSSR count). The number of hydrogen-bond donors (Lipinski definition) is 0. The highest BCUT2D eigenvalue weighted by atomic mass is 19.1. The summed E-state index contributed by atoms with van der Waals surface area (Å²) in [6.45, 7) is 2.55. The van der Waals surface area contributed by atoms with E-state index in [0.717, 1.165) is 18.2 Å². The Morgan fingerprint density at radius 3 is 2.57 bits per heavy atom. The SMILES string of the molecule is Cc1nccc(-c2c(-c3ccc(F)cc3F)nc3cc(CN(C)C)ccn23)n1. The van der Waals surface area contributed by atoms with Crippen LogP contribution in [0.2, 0.25) is 0 Å². The van der Waals surface area contributed by atoms with Crippen molar-refractivity contribution < 1.29 is 8.78 Å². The Balaban J connectivity index is 2.00. The highest BCUT2D eigenvalue weighted by Crippen LogP contribution is 2.33. The third kappa shape index (κ3) is 3.36. The number of pyridine rings is 1. The Morgan fingerprint density at radius 2 is 1.86 bits per heavy atom. The number of aryl methyl sites for hydroxylation is 1. The van der Waals surface area contributed by atoms with Gasteiger partial charge in [-0.1, -0.05) is 0 Å². The lowest BCUT2D eigenvalue weighted by molar-refractivity contribution is 0.402. The monoisotopic (exact) mass is 379 g/mol. The molecule has 0 unspecified atom stereocenters. The van der Waals surface area contributed by atoms with Gasteiger partial charge in [-0.05, 0) is 56.9 Å². The standard InChI is InChI=1S/C21H19F2N5/c1-13-24-8-6-18(25-13)21-20(16-5-4-15(22)11-17(16)23)26-19-10-14(12-27(2)3)7-9-28(19)21/h4-11H,12H2,1-3H3. The van der Waals surface area contributed by atoms with E-state index in [1.54, 1.807) is 19.2 Å². The zero-order chi connectivity index (χ0) is 19.8. The molecular weight excluding hydrogens is 360 g/mol. The van der Waals surface area contributed by atoms with Gasteiger partial charge in [-0.2, -0.15) is 0 Å². The average Bonchev–Trinajstić information content (AvgIpc) is 2.99. The molecule has 0 fully saturated rings. The summed E-state index contributed by atoms with van der Waals surface area (Å²) in [4.78, 5) is 15.4. The molecule has 0 spiro atoms. The summed E-state index contributed by atoms with van der Waals surface area (Å²) in [6.07, 6.45) is 3.56. The molecule has 0 aliphatic rings. The van der Waals surface area contributed by atoms with Crippen LogP contribution in [0.15, 0.2) is 48.8 Å². The minimum Gasteiger partial charge on any atom is -0.305 e. The first-order valence-electron chi connectivity index (χ1n) is 8.83. The molecule has 142 valence electrons. The van der Waals surface area contributed by atoms with Crippen molar-refractivity contribution in [3.05, 3.63) is 71.8 Å². The number of nitrogens with zero attached hydrogens (tertiary/aromatic N) is 5. The summed E-state index contributed by atoms with van der Waals surface area (Å²) >= 11 is 0. The molecule has 0 aliphatic carbocycles.